The minimum absolute atomic E-state index is 0.0153. The van der Waals surface area contributed by atoms with E-state index in [4.69, 9.17) is 11.6 Å². The molecule has 1 aliphatic carbocycles. The molecule has 0 spiro atoms. The first-order valence-electron chi connectivity index (χ1n) is 5.10. The van der Waals surface area contributed by atoms with Crippen LogP contribution in [-0.4, -0.2) is 11.7 Å². The summed E-state index contributed by atoms with van der Waals surface area (Å²) < 4.78 is 50.6. The van der Waals surface area contributed by atoms with Crippen molar-refractivity contribution in [1.29, 1.82) is 0 Å². The van der Waals surface area contributed by atoms with Gasteiger partial charge in [-0.1, -0.05) is 17.7 Å². The van der Waals surface area contributed by atoms with Crippen LogP contribution in [0.25, 0.3) is 0 Å². The first-order valence-corrected chi connectivity index (χ1v) is 5.48. The zero-order valence-electron chi connectivity index (χ0n) is 8.74. The van der Waals surface area contributed by atoms with Crippen LogP contribution in [0.15, 0.2) is 18.2 Å². The van der Waals surface area contributed by atoms with Crippen molar-refractivity contribution in [2.45, 2.75) is 31.1 Å². The number of alkyl halides is 3. The molecule has 1 aromatic rings. The summed E-state index contributed by atoms with van der Waals surface area (Å²) >= 11 is 5.73. The number of hydrogen-bond acceptors (Lipinski definition) is 1. The van der Waals surface area contributed by atoms with Gasteiger partial charge in [0.05, 0.1) is 0 Å². The molecule has 17 heavy (non-hydrogen) atoms. The van der Waals surface area contributed by atoms with Gasteiger partial charge in [0.25, 0.3) is 0 Å². The smallest absolute Gasteiger partial charge is 0.299 e. The molecule has 0 amide bonds. The van der Waals surface area contributed by atoms with Gasteiger partial charge in [-0.25, -0.2) is 4.39 Å². The molecule has 1 aliphatic rings. The van der Waals surface area contributed by atoms with Crippen LogP contribution in [0, 0.1) is 5.82 Å². The first-order chi connectivity index (χ1) is 7.84. The third-order valence-corrected chi connectivity index (χ3v) is 3.28. The van der Waals surface area contributed by atoms with E-state index in [-0.39, 0.29) is 24.4 Å². The highest BCUT2D eigenvalue weighted by Crippen LogP contribution is 2.49. The lowest BCUT2D eigenvalue weighted by Gasteiger charge is -2.21. The molecule has 0 aromatic heterocycles. The molecule has 1 aromatic carbocycles. The van der Waals surface area contributed by atoms with Gasteiger partial charge < -0.3 is 0 Å². The fourth-order valence-electron chi connectivity index (χ4n) is 1.61. The van der Waals surface area contributed by atoms with E-state index in [0.717, 1.165) is 6.07 Å². The van der Waals surface area contributed by atoms with Crippen molar-refractivity contribution in [1.82, 2.24) is 5.32 Å². The molecule has 0 atom stereocenters. The molecule has 94 valence electrons. The fourth-order valence-corrected chi connectivity index (χ4v) is 1.85. The van der Waals surface area contributed by atoms with Crippen LogP contribution in [0.3, 0.4) is 0 Å². The fraction of sp³-hybridized carbons (Fsp3) is 0.455. The monoisotopic (exact) mass is 267 g/mol. The summed E-state index contributed by atoms with van der Waals surface area (Å²) in [4.78, 5) is 0. The Labute approximate surface area is 101 Å². The second-order valence-electron chi connectivity index (χ2n) is 4.17. The molecule has 1 saturated carbocycles. The second-order valence-corrected chi connectivity index (χ2v) is 4.58. The standard InChI is InChI=1S/C11H10ClF4N/c12-9-5-8(13)2-1-7(9)6-17-10(3-4-10)11(14,15)16/h1-2,5,17H,3-4,6H2. The van der Waals surface area contributed by atoms with Crippen molar-refractivity contribution >= 4 is 11.6 Å². The van der Waals surface area contributed by atoms with E-state index < -0.39 is 17.5 Å². The second kappa shape index (κ2) is 4.14. The summed E-state index contributed by atoms with van der Waals surface area (Å²) in [6, 6.07) is 3.65. The van der Waals surface area contributed by atoms with E-state index in [0.29, 0.717) is 5.56 Å². The van der Waals surface area contributed by atoms with E-state index in [1.807, 2.05) is 0 Å². The van der Waals surface area contributed by atoms with Gasteiger partial charge in [-0.15, -0.1) is 0 Å². The lowest BCUT2D eigenvalue weighted by atomic mass is 10.2. The number of nitrogens with one attached hydrogen (secondary N) is 1. The molecule has 1 N–H and O–H groups in total. The molecular weight excluding hydrogens is 258 g/mol. The Morgan fingerprint density at radius 3 is 2.41 bits per heavy atom. The largest absolute Gasteiger partial charge is 0.406 e. The Morgan fingerprint density at radius 1 is 1.29 bits per heavy atom. The zero-order valence-corrected chi connectivity index (χ0v) is 9.50. The Kier molecular flexibility index (Phi) is 3.08. The van der Waals surface area contributed by atoms with Gasteiger partial charge in [-0.2, -0.15) is 13.2 Å². The quantitative estimate of drug-likeness (QED) is 0.824. The van der Waals surface area contributed by atoms with Crippen molar-refractivity contribution in [3.05, 3.63) is 34.6 Å². The lowest BCUT2D eigenvalue weighted by molar-refractivity contribution is -0.166. The van der Waals surface area contributed by atoms with Crippen LogP contribution in [0.2, 0.25) is 5.02 Å². The molecule has 2 rings (SSSR count). The van der Waals surface area contributed by atoms with Crippen LogP contribution >= 0.6 is 11.6 Å². The molecule has 0 bridgehead atoms. The first kappa shape index (κ1) is 12.6. The van der Waals surface area contributed by atoms with Gasteiger partial charge >= 0.3 is 6.18 Å². The number of hydrogen-bond donors (Lipinski definition) is 1. The molecule has 0 unspecified atom stereocenters. The predicted molar refractivity (Wildman–Crippen MR) is 56.3 cm³/mol. The summed E-state index contributed by atoms with van der Waals surface area (Å²) in [5.41, 5.74) is -1.31. The van der Waals surface area contributed by atoms with Crippen LogP contribution in [-0.2, 0) is 6.54 Å². The van der Waals surface area contributed by atoms with Gasteiger partial charge in [-0.3, -0.25) is 5.32 Å². The molecule has 0 aliphatic heterocycles. The molecule has 0 saturated heterocycles. The maximum atomic E-state index is 12.7. The Morgan fingerprint density at radius 2 is 1.94 bits per heavy atom. The maximum absolute atomic E-state index is 12.7. The van der Waals surface area contributed by atoms with Gasteiger partial charge in [0.1, 0.15) is 11.4 Å². The number of halogens is 5. The van der Waals surface area contributed by atoms with E-state index in [9.17, 15) is 17.6 Å². The highest BCUT2D eigenvalue weighted by molar-refractivity contribution is 6.31. The average Bonchev–Trinajstić information content (AvgIpc) is 2.96. The third-order valence-electron chi connectivity index (χ3n) is 2.92. The Balaban J connectivity index is 2.04. The summed E-state index contributed by atoms with van der Waals surface area (Å²) in [6.07, 6.45) is -4.09. The molecule has 6 heteroatoms. The van der Waals surface area contributed by atoms with E-state index in [2.05, 4.69) is 5.32 Å². The molecular formula is C11H10ClF4N. The topological polar surface area (TPSA) is 12.0 Å². The van der Waals surface area contributed by atoms with Gasteiger partial charge in [0.15, 0.2) is 0 Å². The third kappa shape index (κ3) is 2.55. The molecule has 0 heterocycles. The van der Waals surface area contributed by atoms with E-state index >= 15 is 0 Å². The highest BCUT2D eigenvalue weighted by atomic mass is 35.5. The van der Waals surface area contributed by atoms with Crippen molar-refractivity contribution in [3.63, 3.8) is 0 Å². The van der Waals surface area contributed by atoms with E-state index in [1.54, 1.807) is 0 Å². The predicted octanol–water partition coefficient (Wildman–Crippen LogP) is 3.66. The Hall–Kier alpha value is -0.810. The van der Waals surface area contributed by atoms with Crippen molar-refractivity contribution < 1.29 is 17.6 Å². The maximum Gasteiger partial charge on any atom is 0.406 e. The molecule has 1 fully saturated rings. The minimum Gasteiger partial charge on any atom is -0.299 e. The summed E-state index contributed by atoms with van der Waals surface area (Å²) in [5, 5.41) is 2.59. The van der Waals surface area contributed by atoms with Crippen molar-refractivity contribution in [3.8, 4) is 0 Å². The molecule has 1 nitrogen and oxygen atoms in total. The number of benzene rings is 1. The summed E-state index contributed by atoms with van der Waals surface area (Å²) in [7, 11) is 0. The van der Waals surface area contributed by atoms with Crippen LogP contribution in [0.5, 0.6) is 0 Å². The normalized spacial score (nSPS) is 18.2. The average molecular weight is 268 g/mol. The number of rotatable bonds is 3. The minimum atomic E-state index is -4.25. The summed E-state index contributed by atoms with van der Waals surface area (Å²) in [5.74, 6) is -0.504. The van der Waals surface area contributed by atoms with Crippen molar-refractivity contribution in [2.24, 2.45) is 0 Å². The SMILES string of the molecule is Fc1ccc(CNC2(C(F)(F)F)CC2)c(Cl)c1. The van der Waals surface area contributed by atoms with Crippen LogP contribution in [0.1, 0.15) is 18.4 Å². The van der Waals surface area contributed by atoms with Crippen LogP contribution < -0.4 is 5.32 Å². The van der Waals surface area contributed by atoms with Gasteiger partial charge in [0.2, 0.25) is 0 Å². The highest BCUT2D eigenvalue weighted by Gasteiger charge is 2.62. The van der Waals surface area contributed by atoms with Crippen LogP contribution in [0.4, 0.5) is 17.6 Å². The van der Waals surface area contributed by atoms with Crippen molar-refractivity contribution in [2.75, 3.05) is 0 Å². The van der Waals surface area contributed by atoms with Gasteiger partial charge in [0, 0.05) is 11.6 Å². The molecule has 0 radical (unpaired) electrons. The Bertz CT molecular complexity index is 426. The summed E-state index contributed by atoms with van der Waals surface area (Å²) in [6.45, 7) is -0.0153. The lowest BCUT2D eigenvalue weighted by Crippen LogP contribution is -2.44. The zero-order chi connectivity index (χ0) is 12.7. The van der Waals surface area contributed by atoms with E-state index in [1.165, 1.54) is 12.1 Å². The van der Waals surface area contributed by atoms with Gasteiger partial charge in [-0.05, 0) is 30.5 Å².